The number of fused-ring (bicyclic) bond motifs is 1. The molecule has 1 aliphatic heterocycles. The van der Waals surface area contributed by atoms with E-state index in [1.807, 2.05) is 0 Å². The van der Waals surface area contributed by atoms with E-state index in [0.29, 0.717) is 16.7 Å². The molecule has 21 heavy (non-hydrogen) atoms. The summed E-state index contributed by atoms with van der Waals surface area (Å²) in [7, 11) is 0. The minimum Gasteiger partial charge on any atom is -0.490 e. The van der Waals surface area contributed by atoms with Crippen molar-refractivity contribution in [3.63, 3.8) is 0 Å². The van der Waals surface area contributed by atoms with Crippen LogP contribution >= 0.6 is 0 Å². The smallest absolute Gasteiger partial charge is 0.416 e. The third-order valence-corrected chi connectivity index (χ3v) is 3.61. The maximum absolute atomic E-state index is 12.8. The Morgan fingerprint density at radius 2 is 1.90 bits per heavy atom. The van der Waals surface area contributed by atoms with Gasteiger partial charge < -0.3 is 10.1 Å². The van der Waals surface area contributed by atoms with Crippen molar-refractivity contribution in [3.05, 3.63) is 36.0 Å². The van der Waals surface area contributed by atoms with Crippen LogP contribution in [0.2, 0.25) is 0 Å². The number of nitrogens with one attached hydrogen (secondary N) is 1. The van der Waals surface area contributed by atoms with Gasteiger partial charge in [-0.1, -0.05) is 0 Å². The third kappa shape index (κ3) is 3.10. The van der Waals surface area contributed by atoms with Gasteiger partial charge in [-0.2, -0.15) is 13.2 Å². The Kier molecular flexibility index (Phi) is 3.71. The molecule has 0 aliphatic carbocycles. The van der Waals surface area contributed by atoms with Gasteiger partial charge in [0.15, 0.2) is 0 Å². The van der Waals surface area contributed by atoms with E-state index in [-0.39, 0.29) is 6.10 Å². The quantitative estimate of drug-likeness (QED) is 0.922. The van der Waals surface area contributed by atoms with Gasteiger partial charge in [0.2, 0.25) is 0 Å². The first-order chi connectivity index (χ1) is 10.0. The molecule has 1 aromatic heterocycles. The van der Waals surface area contributed by atoms with Crippen molar-refractivity contribution in [2.75, 3.05) is 13.1 Å². The van der Waals surface area contributed by atoms with E-state index in [0.717, 1.165) is 38.1 Å². The van der Waals surface area contributed by atoms with Crippen molar-refractivity contribution in [3.8, 4) is 5.75 Å². The van der Waals surface area contributed by atoms with Crippen LogP contribution in [-0.4, -0.2) is 24.2 Å². The molecule has 6 heteroatoms. The number of halogens is 3. The van der Waals surface area contributed by atoms with Crippen LogP contribution < -0.4 is 10.1 Å². The molecule has 0 unspecified atom stereocenters. The van der Waals surface area contributed by atoms with E-state index < -0.39 is 11.7 Å². The number of nitrogens with zero attached hydrogens (tertiary/aromatic N) is 1. The number of ether oxygens (including phenoxy) is 1. The van der Waals surface area contributed by atoms with Crippen molar-refractivity contribution in [1.82, 2.24) is 10.3 Å². The Balaban J connectivity index is 1.97. The predicted molar refractivity (Wildman–Crippen MR) is 73.3 cm³/mol. The lowest BCUT2D eigenvalue weighted by Crippen LogP contribution is -2.34. The maximum Gasteiger partial charge on any atom is 0.416 e. The molecule has 0 bridgehead atoms. The van der Waals surface area contributed by atoms with Crippen LogP contribution in [0.4, 0.5) is 13.2 Å². The molecule has 0 spiro atoms. The summed E-state index contributed by atoms with van der Waals surface area (Å²) in [5.74, 6) is 0.470. The molecule has 0 amide bonds. The molecule has 1 aliphatic rings. The summed E-state index contributed by atoms with van der Waals surface area (Å²) in [6.45, 7) is 1.73. The SMILES string of the molecule is FC(F)(F)c1ccc2nccc(OC3CCNCC3)c2c1. The first-order valence-electron chi connectivity index (χ1n) is 6.87. The molecule has 1 saturated heterocycles. The van der Waals surface area contributed by atoms with E-state index >= 15 is 0 Å². The zero-order valence-corrected chi connectivity index (χ0v) is 11.3. The van der Waals surface area contributed by atoms with Gasteiger partial charge in [-0.05, 0) is 50.2 Å². The molecule has 0 saturated carbocycles. The second-order valence-electron chi connectivity index (χ2n) is 5.11. The molecule has 1 fully saturated rings. The zero-order valence-electron chi connectivity index (χ0n) is 11.3. The summed E-state index contributed by atoms with van der Waals surface area (Å²) >= 11 is 0. The van der Waals surface area contributed by atoms with Crippen LogP contribution in [0, 0.1) is 0 Å². The number of piperidine rings is 1. The highest BCUT2D eigenvalue weighted by Gasteiger charge is 2.31. The molecular weight excluding hydrogens is 281 g/mol. The predicted octanol–water partition coefficient (Wildman–Crippen LogP) is 3.38. The van der Waals surface area contributed by atoms with Gasteiger partial charge in [-0.3, -0.25) is 4.98 Å². The van der Waals surface area contributed by atoms with Crippen molar-refractivity contribution in [2.45, 2.75) is 25.1 Å². The first-order valence-corrected chi connectivity index (χ1v) is 6.87. The lowest BCUT2D eigenvalue weighted by atomic mass is 10.1. The average molecular weight is 296 g/mol. The number of rotatable bonds is 2. The Bertz CT molecular complexity index is 636. The van der Waals surface area contributed by atoms with E-state index in [2.05, 4.69) is 10.3 Å². The number of aromatic nitrogens is 1. The average Bonchev–Trinajstić information content (AvgIpc) is 2.47. The Morgan fingerprint density at radius 3 is 2.62 bits per heavy atom. The summed E-state index contributed by atoms with van der Waals surface area (Å²) in [6, 6.07) is 5.17. The topological polar surface area (TPSA) is 34.1 Å². The van der Waals surface area contributed by atoms with Gasteiger partial charge in [-0.25, -0.2) is 0 Å². The van der Waals surface area contributed by atoms with Gasteiger partial charge in [0.1, 0.15) is 11.9 Å². The Morgan fingerprint density at radius 1 is 1.14 bits per heavy atom. The van der Waals surface area contributed by atoms with Crippen LogP contribution in [0.15, 0.2) is 30.5 Å². The highest BCUT2D eigenvalue weighted by Crippen LogP contribution is 2.34. The Hall–Kier alpha value is -1.82. The van der Waals surface area contributed by atoms with Gasteiger partial charge in [0.25, 0.3) is 0 Å². The van der Waals surface area contributed by atoms with Gasteiger partial charge in [-0.15, -0.1) is 0 Å². The van der Waals surface area contributed by atoms with Crippen LogP contribution in [-0.2, 0) is 6.18 Å². The van der Waals surface area contributed by atoms with E-state index in [1.165, 1.54) is 6.07 Å². The summed E-state index contributed by atoms with van der Waals surface area (Å²) in [6.07, 6.45) is -1.07. The van der Waals surface area contributed by atoms with Gasteiger partial charge >= 0.3 is 6.18 Å². The molecule has 112 valence electrons. The fourth-order valence-corrected chi connectivity index (χ4v) is 2.49. The summed E-state index contributed by atoms with van der Waals surface area (Å²) in [4.78, 5) is 4.10. The maximum atomic E-state index is 12.8. The summed E-state index contributed by atoms with van der Waals surface area (Å²) in [5, 5.41) is 3.63. The van der Waals surface area contributed by atoms with Crippen molar-refractivity contribution in [1.29, 1.82) is 0 Å². The molecule has 3 nitrogen and oxygen atoms in total. The molecule has 3 rings (SSSR count). The number of hydrogen-bond acceptors (Lipinski definition) is 3. The van der Waals surface area contributed by atoms with E-state index in [9.17, 15) is 13.2 Å². The van der Waals surface area contributed by atoms with Gasteiger partial charge in [0, 0.05) is 11.6 Å². The fourth-order valence-electron chi connectivity index (χ4n) is 2.49. The molecule has 0 atom stereocenters. The third-order valence-electron chi connectivity index (χ3n) is 3.61. The minimum atomic E-state index is -4.37. The summed E-state index contributed by atoms with van der Waals surface area (Å²) < 4.78 is 44.4. The summed E-state index contributed by atoms with van der Waals surface area (Å²) in [5.41, 5.74) is -0.174. The first kappa shape index (κ1) is 14.1. The molecular formula is C15H15F3N2O. The molecule has 1 aromatic carbocycles. The van der Waals surface area contributed by atoms with E-state index in [4.69, 9.17) is 4.74 Å². The lowest BCUT2D eigenvalue weighted by Gasteiger charge is -2.24. The molecule has 1 N–H and O–H groups in total. The number of alkyl halides is 3. The van der Waals surface area contributed by atoms with Crippen molar-refractivity contribution < 1.29 is 17.9 Å². The normalized spacial score (nSPS) is 17.1. The fraction of sp³-hybridized carbons (Fsp3) is 0.400. The van der Waals surface area contributed by atoms with Gasteiger partial charge in [0.05, 0.1) is 11.1 Å². The molecule has 0 radical (unpaired) electrons. The zero-order chi connectivity index (χ0) is 14.9. The number of hydrogen-bond donors (Lipinski definition) is 1. The monoisotopic (exact) mass is 296 g/mol. The van der Waals surface area contributed by atoms with Crippen LogP contribution in [0.5, 0.6) is 5.75 Å². The van der Waals surface area contributed by atoms with Crippen LogP contribution in [0.25, 0.3) is 10.9 Å². The highest BCUT2D eigenvalue weighted by atomic mass is 19.4. The second kappa shape index (κ2) is 5.52. The minimum absolute atomic E-state index is 0.0337. The Labute approximate surface area is 120 Å². The number of benzene rings is 1. The van der Waals surface area contributed by atoms with Crippen molar-refractivity contribution >= 4 is 10.9 Å². The second-order valence-corrected chi connectivity index (χ2v) is 5.11. The van der Waals surface area contributed by atoms with Crippen LogP contribution in [0.3, 0.4) is 0 Å². The van der Waals surface area contributed by atoms with E-state index in [1.54, 1.807) is 12.3 Å². The largest absolute Gasteiger partial charge is 0.490 e. The highest BCUT2D eigenvalue weighted by molar-refractivity contribution is 5.85. The molecule has 2 heterocycles. The molecule has 2 aromatic rings. The standard InChI is InChI=1S/C15H15F3N2O/c16-15(17,18)10-1-2-13-12(9-10)14(5-8-20-13)21-11-3-6-19-7-4-11/h1-2,5,8-9,11,19H,3-4,6-7H2. The number of pyridine rings is 1. The lowest BCUT2D eigenvalue weighted by molar-refractivity contribution is -0.137. The van der Waals surface area contributed by atoms with Crippen LogP contribution in [0.1, 0.15) is 18.4 Å². The van der Waals surface area contributed by atoms with Crippen molar-refractivity contribution in [2.24, 2.45) is 0 Å².